The number of nitrogens with zero attached hydrogens (tertiary/aromatic N) is 1. The fraction of sp³-hybridized carbons (Fsp3) is 0.643. The summed E-state index contributed by atoms with van der Waals surface area (Å²) in [5.74, 6) is 0.780. The predicted octanol–water partition coefficient (Wildman–Crippen LogP) is 6.25. The van der Waals surface area contributed by atoms with Gasteiger partial charge in [-0.3, -0.25) is 0 Å². The summed E-state index contributed by atoms with van der Waals surface area (Å²) in [4.78, 5) is 2.46. The summed E-state index contributed by atoms with van der Waals surface area (Å²) in [5, 5.41) is 7.03. The fourth-order valence-corrected chi connectivity index (χ4v) is 5.83. The van der Waals surface area contributed by atoms with Gasteiger partial charge in [0.05, 0.1) is 5.03 Å². The van der Waals surface area contributed by atoms with Crippen molar-refractivity contribution in [3.63, 3.8) is 0 Å². The van der Waals surface area contributed by atoms with E-state index in [0.29, 0.717) is 0 Å². The second-order valence-corrected chi connectivity index (χ2v) is 12.1. The standard InChI is InChI=1S/C28H45N3S/c1-21(24-8-9-25-26(18-24)28(5,6)13-12-27(25,3)4)20-32-22(2)31-16-10-23(11-17-31)19-30-15-7-14-29/h8-9,18,20,23,30H,2,7,10-17,19,29H2,1,3-6H3/b21-20+. The summed E-state index contributed by atoms with van der Waals surface area (Å²) in [5.41, 5.74) is 11.8. The van der Waals surface area contributed by atoms with Crippen molar-refractivity contribution in [1.82, 2.24) is 10.2 Å². The topological polar surface area (TPSA) is 41.3 Å². The van der Waals surface area contributed by atoms with Crippen LogP contribution < -0.4 is 11.1 Å². The lowest BCUT2D eigenvalue weighted by Crippen LogP contribution is -2.36. The summed E-state index contributed by atoms with van der Waals surface area (Å²) in [6.07, 6.45) is 6.07. The highest BCUT2D eigenvalue weighted by Gasteiger charge is 2.36. The lowest BCUT2D eigenvalue weighted by atomic mass is 9.63. The number of allylic oxidation sites excluding steroid dienone is 1. The summed E-state index contributed by atoms with van der Waals surface area (Å²) in [7, 11) is 0. The molecular formula is C28H45N3S. The van der Waals surface area contributed by atoms with E-state index in [1.807, 2.05) is 0 Å². The fourth-order valence-electron chi connectivity index (χ4n) is 5.05. The normalized spacial score (nSPS) is 20.8. The summed E-state index contributed by atoms with van der Waals surface area (Å²) >= 11 is 1.79. The molecule has 178 valence electrons. The number of nitrogens with two attached hydrogens (primary N) is 1. The molecule has 0 spiro atoms. The van der Waals surface area contributed by atoms with Crippen LogP contribution in [-0.2, 0) is 10.8 Å². The number of fused-ring (bicyclic) bond motifs is 1. The molecule has 1 aliphatic heterocycles. The van der Waals surface area contributed by atoms with Gasteiger partial charge in [-0.1, -0.05) is 64.2 Å². The van der Waals surface area contributed by atoms with Crippen molar-refractivity contribution in [3.8, 4) is 0 Å². The number of piperidine rings is 1. The van der Waals surface area contributed by atoms with Gasteiger partial charge in [0.25, 0.3) is 0 Å². The molecule has 0 unspecified atom stereocenters. The largest absolute Gasteiger partial charge is 0.367 e. The van der Waals surface area contributed by atoms with Crippen LogP contribution in [0.15, 0.2) is 35.2 Å². The van der Waals surface area contributed by atoms with Crippen LogP contribution in [0.5, 0.6) is 0 Å². The molecule has 3 N–H and O–H groups in total. The van der Waals surface area contributed by atoms with Gasteiger partial charge in [0.15, 0.2) is 0 Å². The number of thioether (sulfide) groups is 1. The van der Waals surface area contributed by atoms with Crippen LogP contribution in [0.4, 0.5) is 0 Å². The molecule has 0 bridgehead atoms. The molecule has 0 atom stereocenters. The molecule has 3 nitrogen and oxygen atoms in total. The van der Waals surface area contributed by atoms with Crippen LogP contribution >= 0.6 is 11.8 Å². The molecule has 0 saturated carbocycles. The zero-order valence-electron chi connectivity index (χ0n) is 21.1. The minimum atomic E-state index is 0.251. The molecule has 1 aliphatic carbocycles. The lowest BCUT2D eigenvalue weighted by Gasteiger charge is -2.42. The summed E-state index contributed by atoms with van der Waals surface area (Å²) in [6.45, 7) is 21.4. The minimum absolute atomic E-state index is 0.251. The third-order valence-electron chi connectivity index (χ3n) is 7.64. The van der Waals surface area contributed by atoms with Crippen molar-refractivity contribution in [1.29, 1.82) is 0 Å². The van der Waals surface area contributed by atoms with E-state index in [9.17, 15) is 0 Å². The van der Waals surface area contributed by atoms with Gasteiger partial charge in [-0.15, -0.1) is 0 Å². The van der Waals surface area contributed by atoms with Crippen molar-refractivity contribution in [2.45, 2.75) is 77.6 Å². The summed E-state index contributed by atoms with van der Waals surface area (Å²) < 4.78 is 0. The van der Waals surface area contributed by atoms with E-state index >= 15 is 0 Å². The van der Waals surface area contributed by atoms with Gasteiger partial charge in [-0.05, 0) is 103 Å². The zero-order valence-corrected chi connectivity index (χ0v) is 21.9. The van der Waals surface area contributed by atoms with E-state index in [-0.39, 0.29) is 10.8 Å². The Labute approximate surface area is 201 Å². The van der Waals surface area contributed by atoms with E-state index in [1.54, 1.807) is 11.8 Å². The minimum Gasteiger partial charge on any atom is -0.367 e. The van der Waals surface area contributed by atoms with Gasteiger partial charge in [-0.2, -0.15) is 0 Å². The third kappa shape index (κ3) is 6.21. The van der Waals surface area contributed by atoms with Crippen LogP contribution in [0.3, 0.4) is 0 Å². The van der Waals surface area contributed by atoms with Crippen LogP contribution in [0.2, 0.25) is 0 Å². The van der Waals surface area contributed by atoms with Crippen LogP contribution in [0, 0.1) is 5.92 Å². The van der Waals surface area contributed by atoms with Crippen molar-refractivity contribution in [2.75, 3.05) is 32.7 Å². The number of likely N-dealkylation sites (tertiary alicyclic amines) is 1. The maximum absolute atomic E-state index is 5.58. The highest BCUT2D eigenvalue weighted by Crippen LogP contribution is 2.46. The Morgan fingerprint density at radius 2 is 1.81 bits per heavy atom. The Balaban J connectivity index is 1.57. The van der Waals surface area contributed by atoms with Crippen molar-refractivity contribution in [3.05, 3.63) is 51.9 Å². The molecule has 1 heterocycles. The van der Waals surface area contributed by atoms with Crippen LogP contribution in [0.25, 0.3) is 5.57 Å². The Morgan fingerprint density at radius 1 is 1.16 bits per heavy atom. The molecule has 0 radical (unpaired) electrons. The Bertz CT molecular complexity index is 816. The zero-order chi connectivity index (χ0) is 23.4. The number of nitrogens with one attached hydrogen (secondary N) is 1. The monoisotopic (exact) mass is 455 g/mol. The van der Waals surface area contributed by atoms with E-state index < -0.39 is 0 Å². The molecule has 0 aromatic heterocycles. The smallest absolute Gasteiger partial charge is 0.0676 e. The average molecular weight is 456 g/mol. The second-order valence-electron chi connectivity index (χ2n) is 11.1. The third-order valence-corrected chi connectivity index (χ3v) is 8.64. The van der Waals surface area contributed by atoms with Gasteiger partial charge < -0.3 is 16.0 Å². The molecule has 2 aliphatic rings. The number of hydrogen-bond acceptors (Lipinski definition) is 4. The first-order valence-electron chi connectivity index (χ1n) is 12.5. The predicted molar refractivity (Wildman–Crippen MR) is 143 cm³/mol. The Morgan fingerprint density at radius 3 is 2.47 bits per heavy atom. The number of rotatable bonds is 9. The first kappa shape index (κ1) is 25.4. The van der Waals surface area contributed by atoms with Crippen molar-refractivity contribution < 1.29 is 0 Å². The number of hydrogen-bond donors (Lipinski definition) is 2. The van der Waals surface area contributed by atoms with E-state index in [2.05, 4.69) is 75.0 Å². The molecule has 1 aromatic rings. The highest BCUT2D eigenvalue weighted by atomic mass is 32.2. The molecule has 1 saturated heterocycles. The van der Waals surface area contributed by atoms with Crippen LogP contribution in [-0.4, -0.2) is 37.6 Å². The van der Waals surface area contributed by atoms with Gasteiger partial charge in [-0.25, -0.2) is 0 Å². The van der Waals surface area contributed by atoms with Crippen LogP contribution in [0.1, 0.15) is 83.4 Å². The van der Waals surface area contributed by atoms with Gasteiger partial charge in [0, 0.05) is 13.1 Å². The van der Waals surface area contributed by atoms with E-state index in [1.165, 1.54) is 53.0 Å². The Kier molecular flexibility index (Phi) is 8.57. The molecule has 32 heavy (non-hydrogen) atoms. The maximum atomic E-state index is 5.58. The van der Waals surface area contributed by atoms with Gasteiger partial charge >= 0.3 is 0 Å². The van der Waals surface area contributed by atoms with Crippen molar-refractivity contribution >= 4 is 17.3 Å². The number of benzene rings is 1. The highest BCUT2D eigenvalue weighted by molar-refractivity contribution is 8.05. The quantitative estimate of drug-likeness (QED) is 0.432. The molecule has 1 fully saturated rings. The molecule has 1 aromatic carbocycles. The first-order chi connectivity index (χ1) is 15.1. The van der Waals surface area contributed by atoms with E-state index in [0.717, 1.165) is 45.1 Å². The first-order valence-corrected chi connectivity index (χ1v) is 13.4. The van der Waals surface area contributed by atoms with Gasteiger partial charge in [0.2, 0.25) is 0 Å². The summed E-state index contributed by atoms with van der Waals surface area (Å²) in [6, 6.07) is 7.16. The Hall–Kier alpha value is -1.23. The SMILES string of the molecule is C=C(S/C=C(\C)c1ccc2c(c1)C(C)(C)CCC2(C)C)N1CCC(CNCCCN)CC1. The van der Waals surface area contributed by atoms with Gasteiger partial charge in [0.1, 0.15) is 0 Å². The molecule has 4 heteroatoms. The van der Waals surface area contributed by atoms with E-state index in [4.69, 9.17) is 5.73 Å². The van der Waals surface area contributed by atoms with Crippen molar-refractivity contribution in [2.24, 2.45) is 11.7 Å². The molecule has 0 amide bonds. The average Bonchev–Trinajstić information content (AvgIpc) is 2.78. The molecular weight excluding hydrogens is 410 g/mol. The lowest BCUT2D eigenvalue weighted by molar-refractivity contribution is 0.235. The second kappa shape index (κ2) is 10.8. The molecule has 3 rings (SSSR count). The maximum Gasteiger partial charge on any atom is 0.0676 e.